The molecule has 0 aromatic heterocycles. The zero-order valence-electron chi connectivity index (χ0n) is 12.9. The third-order valence-electron chi connectivity index (χ3n) is 3.29. The van der Waals surface area contributed by atoms with Crippen molar-refractivity contribution in [3.05, 3.63) is 35.9 Å². The molecule has 0 bridgehead atoms. The Kier molecular flexibility index (Phi) is 6.17. The van der Waals surface area contributed by atoms with Gasteiger partial charge < -0.3 is 15.4 Å². The number of ether oxygens (including phenoxy) is 1. The van der Waals surface area contributed by atoms with Gasteiger partial charge in [-0.05, 0) is 11.0 Å². The van der Waals surface area contributed by atoms with E-state index in [-0.39, 0.29) is 11.3 Å². The maximum Gasteiger partial charge on any atom is 0.240 e. The van der Waals surface area contributed by atoms with Crippen LogP contribution in [0.4, 0.5) is 0 Å². The third-order valence-corrected chi connectivity index (χ3v) is 3.29. The molecule has 1 aromatic rings. The van der Waals surface area contributed by atoms with E-state index in [9.17, 15) is 4.79 Å². The molecule has 112 valence electrons. The highest BCUT2D eigenvalue weighted by molar-refractivity contribution is 5.82. The zero-order valence-corrected chi connectivity index (χ0v) is 12.9. The molecule has 2 N–H and O–H groups in total. The second-order valence-corrected chi connectivity index (χ2v) is 6.08. The molecule has 0 heterocycles. The monoisotopic (exact) mass is 278 g/mol. The second kappa shape index (κ2) is 7.41. The van der Waals surface area contributed by atoms with E-state index in [1.165, 1.54) is 0 Å². The third kappa shape index (κ3) is 4.94. The van der Waals surface area contributed by atoms with Crippen LogP contribution in [0.2, 0.25) is 0 Å². The van der Waals surface area contributed by atoms with E-state index in [0.717, 1.165) is 5.56 Å². The molecule has 1 rings (SSSR count). The first-order valence-corrected chi connectivity index (χ1v) is 6.93. The Morgan fingerprint density at radius 3 is 2.40 bits per heavy atom. The number of hydrogen-bond donors (Lipinski definition) is 1. The normalized spacial score (nSPS) is 13.1. The van der Waals surface area contributed by atoms with E-state index >= 15 is 0 Å². The van der Waals surface area contributed by atoms with Gasteiger partial charge in [-0.1, -0.05) is 51.1 Å². The predicted molar refractivity (Wildman–Crippen MR) is 81.2 cm³/mol. The van der Waals surface area contributed by atoms with E-state index < -0.39 is 6.04 Å². The molecular weight excluding hydrogens is 252 g/mol. The average molecular weight is 278 g/mol. The van der Waals surface area contributed by atoms with Crippen LogP contribution < -0.4 is 5.73 Å². The minimum atomic E-state index is -0.511. The minimum absolute atomic E-state index is 0.0293. The molecule has 0 saturated carbocycles. The summed E-state index contributed by atoms with van der Waals surface area (Å²) in [6, 6.07) is 9.41. The van der Waals surface area contributed by atoms with Gasteiger partial charge in [-0.3, -0.25) is 4.79 Å². The first kappa shape index (κ1) is 16.7. The Labute approximate surface area is 121 Å². The van der Waals surface area contributed by atoms with E-state index in [4.69, 9.17) is 10.5 Å². The van der Waals surface area contributed by atoms with Crippen molar-refractivity contribution >= 4 is 5.91 Å². The molecule has 0 aliphatic heterocycles. The lowest BCUT2D eigenvalue weighted by atomic mass is 9.86. The van der Waals surface area contributed by atoms with Crippen LogP contribution in [0.15, 0.2) is 30.3 Å². The first-order valence-electron chi connectivity index (χ1n) is 6.93. The smallest absolute Gasteiger partial charge is 0.240 e. The summed E-state index contributed by atoms with van der Waals surface area (Å²) >= 11 is 0. The summed E-state index contributed by atoms with van der Waals surface area (Å²) in [5.41, 5.74) is 6.93. The number of amides is 1. The van der Waals surface area contributed by atoms with Crippen LogP contribution in [0, 0.1) is 5.41 Å². The van der Waals surface area contributed by atoms with E-state index in [0.29, 0.717) is 19.7 Å². The molecule has 0 radical (unpaired) electrons. The molecule has 1 aromatic carbocycles. The number of nitrogens with two attached hydrogens (primary N) is 1. The van der Waals surface area contributed by atoms with Crippen molar-refractivity contribution in [2.24, 2.45) is 11.1 Å². The van der Waals surface area contributed by atoms with Gasteiger partial charge >= 0.3 is 0 Å². The van der Waals surface area contributed by atoms with Crippen LogP contribution in [-0.2, 0) is 16.1 Å². The summed E-state index contributed by atoms with van der Waals surface area (Å²) in [6.45, 7) is 7.56. The molecule has 0 aliphatic carbocycles. The van der Waals surface area contributed by atoms with E-state index in [2.05, 4.69) is 0 Å². The maximum atomic E-state index is 12.5. The molecule has 0 spiro atoms. The Bertz CT molecular complexity index is 412. The highest BCUT2D eigenvalue weighted by Gasteiger charge is 2.30. The fourth-order valence-electron chi connectivity index (χ4n) is 1.84. The summed E-state index contributed by atoms with van der Waals surface area (Å²) in [5.74, 6) is -0.0293. The summed E-state index contributed by atoms with van der Waals surface area (Å²) in [7, 11) is 1.63. The largest absolute Gasteiger partial charge is 0.383 e. The standard InChI is InChI=1S/C16H26N2O2/c1-16(2,3)14(17)15(19)18(10-11-20-4)12-13-8-6-5-7-9-13/h5-9,14H,10-12,17H2,1-4H3/t14-/m1/s1. The van der Waals surface area contributed by atoms with E-state index in [1.807, 2.05) is 51.1 Å². The van der Waals surface area contributed by atoms with Crippen molar-refractivity contribution < 1.29 is 9.53 Å². The fraction of sp³-hybridized carbons (Fsp3) is 0.562. The van der Waals surface area contributed by atoms with Crippen LogP contribution in [0.1, 0.15) is 26.3 Å². The molecule has 0 saturated heterocycles. The topological polar surface area (TPSA) is 55.6 Å². The van der Waals surface area contributed by atoms with Gasteiger partial charge in [-0.15, -0.1) is 0 Å². The van der Waals surface area contributed by atoms with Gasteiger partial charge in [-0.2, -0.15) is 0 Å². The van der Waals surface area contributed by atoms with Crippen LogP contribution in [-0.4, -0.2) is 37.1 Å². The summed E-state index contributed by atoms with van der Waals surface area (Å²) in [6.07, 6.45) is 0. The number of methoxy groups -OCH3 is 1. The Morgan fingerprint density at radius 2 is 1.90 bits per heavy atom. The molecule has 4 heteroatoms. The molecule has 1 atom stereocenters. The molecule has 0 fully saturated rings. The van der Waals surface area contributed by atoms with Gasteiger partial charge in [0.2, 0.25) is 5.91 Å². The molecular formula is C16H26N2O2. The minimum Gasteiger partial charge on any atom is -0.383 e. The number of benzene rings is 1. The summed E-state index contributed by atoms with van der Waals surface area (Å²) in [5, 5.41) is 0. The summed E-state index contributed by atoms with van der Waals surface area (Å²) in [4.78, 5) is 14.3. The second-order valence-electron chi connectivity index (χ2n) is 6.08. The lowest BCUT2D eigenvalue weighted by Gasteiger charge is -2.32. The quantitative estimate of drug-likeness (QED) is 0.866. The highest BCUT2D eigenvalue weighted by Crippen LogP contribution is 2.20. The van der Waals surface area contributed by atoms with Crippen molar-refractivity contribution in [2.75, 3.05) is 20.3 Å². The van der Waals surface area contributed by atoms with Gasteiger partial charge in [0.05, 0.1) is 12.6 Å². The fourth-order valence-corrected chi connectivity index (χ4v) is 1.84. The van der Waals surface area contributed by atoms with Gasteiger partial charge in [0.1, 0.15) is 0 Å². The number of carbonyl (C=O) groups is 1. The SMILES string of the molecule is COCCN(Cc1ccccc1)C(=O)[C@@H](N)C(C)(C)C. The van der Waals surface area contributed by atoms with E-state index in [1.54, 1.807) is 12.0 Å². The van der Waals surface area contributed by atoms with Gasteiger partial charge in [0, 0.05) is 20.2 Å². The maximum absolute atomic E-state index is 12.5. The molecule has 4 nitrogen and oxygen atoms in total. The van der Waals surface area contributed by atoms with Crippen LogP contribution in [0.5, 0.6) is 0 Å². The Balaban J connectivity index is 2.81. The highest BCUT2D eigenvalue weighted by atomic mass is 16.5. The predicted octanol–water partition coefficient (Wildman–Crippen LogP) is 2.03. The van der Waals surface area contributed by atoms with Crippen molar-refractivity contribution in [3.8, 4) is 0 Å². The van der Waals surface area contributed by atoms with Crippen LogP contribution >= 0.6 is 0 Å². The summed E-state index contributed by atoms with van der Waals surface area (Å²) < 4.78 is 5.09. The van der Waals surface area contributed by atoms with Crippen molar-refractivity contribution in [2.45, 2.75) is 33.4 Å². The average Bonchev–Trinajstić information content (AvgIpc) is 2.42. The van der Waals surface area contributed by atoms with Crippen LogP contribution in [0.25, 0.3) is 0 Å². The molecule has 0 aliphatic rings. The molecule has 20 heavy (non-hydrogen) atoms. The van der Waals surface area contributed by atoms with Crippen molar-refractivity contribution in [1.29, 1.82) is 0 Å². The van der Waals surface area contributed by atoms with Crippen LogP contribution in [0.3, 0.4) is 0 Å². The zero-order chi connectivity index (χ0) is 15.2. The lowest BCUT2D eigenvalue weighted by Crippen LogP contribution is -2.50. The number of nitrogens with zero attached hydrogens (tertiary/aromatic N) is 1. The van der Waals surface area contributed by atoms with Crippen molar-refractivity contribution in [3.63, 3.8) is 0 Å². The van der Waals surface area contributed by atoms with Gasteiger partial charge in [0.15, 0.2) is 0 Å². The molecule has 0 unspecified atom stereocenters. The number of hydrogen-bond acceptors (Lipinski definition) is 3. The lowest BCUT2D eigenvalue weighted by molar-refractivity contribution is -0.136. The molecule has 1 amide bonds. The Hall–Kier alpha value is -1.39. The first-order chi connectivity index (χ1) is 9.36. The number of rotatable bonds is 6. The van der Waals surface area contributed by atoms with Gasteiger partial charge in [-0.25, -0.2) is 0 Å². The number of carbonyl (C=O) groups excluding carboxylic acids is 1. The van der Waals surface area contributed by atoms with Crippen molar-refractivity contribution in [1.82, 2.24) is 4.90 Å². The van der Waals surface area contributed by atoms with Gasteiger partial charge in [0.25, 0.3) is 0 Å². The Morgan fingerprint density at radius 1 is 1.30 bits per heavy atom.